The molecule has 0 heteroatoms. The minimum atomic E-state index is 0.937. The molecule has 0 radical (unpaired) electrons. The fourth-order valence-corrected chi connectivity index (χ4v) is 1.69. The Morgan fingerprint density at radius 2 is 1.36 bits per heavy atom. The summed E-state index contributed by atoms with van der Waals surface area (Å²) in [6.45, 7) is 13.6. The van der Waals surface area contributed by atoms with Gasteiger partial charge in [-0.15, -0.1) is 0 Å². The number of hydrogen-bond acceptors (Lipinski definition) is 0. The molecule has 0 nitrogen and oxygen atoms in total. The van der Waals surface area contributed by atoms with Gasteiger partial charge in [-0.2, -0.15) is 0 Å². The number of rotatable bonds is 6. The van der Waals surface area contributed by atoms with Crippen molar-refractivity contribution in [2.45, 2.75) is 80.1 Å². The van der Waals surface area contributed by atoms with Crippen molar-refractivity contribution in [2.24, 2.45) is 11.8 Å². The summed E-state index contributed by atoms with van der Waals surface area (Å²) in [4.78, 5) is 0. The van der Waals surface area contributed by atoms with Crippen LogP contribution in [0.5, 0.6) is 0 Å². The maximum Gasteiger partial charge on any atom is -0.0391 e. The molecule has 0 amide bonds. The maximum absolute atomic E-state index is 2.39. The summed E-state index contributed by atoms with van der Waals surface area (Å²) >= 11 is 0. The number of unbranched alkanes of at least 4 members (excludes halogenated alkanes) is 1. The first-order valence-corrected chi connectivity index (χ1v) is 6.67. The molecule has 0 aromatic heterocycles. The summed E-state index contributed by atoms with van der Waals surface area (Å²) in [6, 6.07) is 0. The van der Waals surface area contributed by atoms with Crippen molar-refractivity contribution >= 4 is 0 Å². The van der Waals surface area contributed by atoms with Crippen LogP contribution in [0, 0.1) is 11.8 Å². The van der Waals surface area contributed by atoms with E-state index in [0.29, 0.717) is 0 Å². The Morgan fingerprint density at radius 3 is 1.64 bits per heavy atom. The average molecular weight is 200 g/mol. The highest BCUT2D eigenvalue weighted by Crippen LogP contribution is 2.23. The summed E-state index contributed by atoms with van der Waals surface area (Å²) in [5, 5.41) is 0. The second-order valence-electron chi connectivity index (χ2n) is 4.40. The van der Waals surface area contributed by atoms with E-state index in [2.05, 4.69) is 41.5 Å². The Bertz CT molecular complexity index is 86.0. The van der Waals surface area contributed by atoms with Gasteiger partial charge in [-0.3, -0.25) is 0 Å². The molecular weight excluding hydrogens is 168 g/mol. The third-order valence-corrected chi connectivity index (χ3v) is 2.90. The van der Waals surface area contributed by atoms with Gasteiger partial charge in [0.05, 0.1) is 0 Å². The number of hydrogen-bond donors (Lipinski definition) is 0. The molecular formula is C14H32. The SMILES string of the molecule is CCC.CCCCC(CC)C(C)CC. The van der Waals surface area contributed by atoms with Gasteiger partial charge in [0.25, 0.3) is 0 Å². The highest BCUT2D eigenvalue weighted by atomic mass is 14.2. The molecule has 0 heterocycles. The Balaban J connectivity index is 0. The van der Waals surface area contributed by atoms with Crippen molar-refractivity contribution in [1.29, 1.82) is 0 Å². The van der Waals surface area contributed by atoms with Crippen molar-refractivity contribution in [3.8, 4) is 0 Å². The van der Waals surface area contributed by atoms with Crippen LogP contribution in [0.1, 0.15) is 80.1 Å². The average Bonchev–Trinajstić information content (AvgIpc) is 2.19. The lowest BCUT2D eigenvalue weighted by Crippen LogP contribution is -2.09. The van der Waals surface area contributed by atoms with Gasteiger partial charge in [-0.1, -0.05) is 80.1 Å². The van der Waals surface area contributed by atoms with Gasteiger partial charge < -0.3 is 0 Å². The fourth-order valence-electron chi connectivity index (χ4n) is 1.69. The molecule has 0 N–H and O–H groups in total. The van der Waals surface area contributed by atoms with Gasteiger partial charge in [0.2, 0.25) is 0 Å². The summed E-state index contributed by atoms with van der Waals surface area (Å²) in [6.07, 6.45) is 8.19. The van der Waals surface area contributed by atoms with Gasteiger partial charge in [0.1, 0.15) is 0 Å². The van der Waals surface area contributed by atoms with Gasteiger partial charge in [-0.05, 0) is 11.8 Å². The van der Waals surface area contributed by atoms with Gasteiger partial charge in [-0.25, -0.2) is 0 Å². The molecule has 0 aliphatic heterocycles. The zero-order chi connectivity index (χ0) is 11.4. The Labute approximate surface area is 92.5 Å². The van der Waals surface area contributed by atoms with Crippen LogP contribution in [0.3, 0.4) is 0 Å². The summed E-state index contributed by atoms with van der Waals surface area (Å²) in [7, 11) is 0. The third kappa shape index (κ3) is 10.1. The van der Waals surface area contributed by atoms with Crippen molar-refractivity contribution in [3.05, 3.63) is 0 Å². The second kappa shape index (κ2) is 13.0. The quantitative estimate of drug-likeness (QED) is 0.518. The molecule has 0 aromatic carbocycles. The molecule has 0 saturated carbocycles. The molecule has 2 unspecified atom stereocenters. The van der Waals surface area contributed by atoms with Gasteiger partial charge >= 0.3 is 0 Å². The lowest BCUT2D eigenvalue weighted by atomic mass is 9.86. The van der Waals surface area contributed by atoms with Crippen LogP contribution in [0.2, 0.25) is 0 Å². The van der Waals surface area contributed by atoms with E-state index >= 15 is 0 Å². The van der Waals surface area contributed by atoms with Gasteiger partial charge in [0, 0.05) is 0 Å². The molecule has 0 saturated heterocycles. The summed E-state index contributed by atoms with van der Waals surface area (Å²) in [5.74, 6) is 1.92. The molecule has 0 aromatic rings. The zero-order valence-corrected chi connectivity index (χ0v) is 11.4. The second-order valence-corrected chi connectivity index (χ2v) is 4.40. The van der Waals surface area contributed by atoms with E-state index in [9.17, 15) is 0 Å². The molecule has 0 bridgehead atoms. The largest absolute Gasteiger partial charge is 0.0656 e. The van der Waals surface area contributed by atoms with Crippen molar-refractivity contribution in [2.75, 3.05) is 0 Å². The molecule has 14 heavy (non-hydrogen) atoms. The van der Waals surface area contributed by atoms with Crippen LogP contribution in [0.25, 0.3) is 0 Å². The highest BCUT2D eigenvalue weighted by Gasteiger charge is 2.11. The predicted octanol–water partition coefficient (Wildman–Crippen LogP) is 5.67. The first-order valence-electron chi connectivity index (χ1n) is 6.67. The van der Waals surface area contributed by atoms with Crippen molar-refractivity contribution in [3.63, 3.8) is 0 Å². The van der Waals surface area contributed by atoms with Crippen LogP contribution in [-0.2, 0) is 0 Å². The summed E-state index contributed by atoms with van der Waals surface area (Å²) < 4.78 is 0. The molecule has 0 aliphatic rings. The summed E-state index contributed by atoms with van der Waals surface area (Å²) in [5.41, 5.74) is 0. The molecule has 0 spiro atoms. The third-order valence-electron chi connectivity index (χ3n) is 2.90. The van der Waals surface area contributed by atoms with E-state index in [-0.39, 0.29) is 0 Å². The van der Waals surface area contributed by atoms with Crippen molar-refractivity contribution in [1.82, 2.24) is 0 Å². The van der Waals surface area contributed by atoms with Crippen LogP contribution in [0.4, 0.5) is 0 Å². The Hall–Kier alpha value is 0. The first kappa shape index (κ1) is 16.4. The maximum atomic E-state index is 2.39. The van der Waals surface area contributed by atoms with E-state index < -0.39 is 0 Å². The van der Waals surface area contributed by atoms with Crippen molar-refractivity contribution < 1.29 is 0 Å². The molecule has 2 atom stereocenters. The van der Waals surface area contributed by atoms with Crippen LogP contribution < -0.4 is 0 Å². The molecule has 0 aliphatic carbocycles. The van der Waals surface area contributed by atoms with Crippen LogP contribution in [-0.4, -0.2) is 0 Å². The minimum absolute atomic E-state index is 0.937. The highest BCUT2D eigenvalue weighted by molar-refractivity contribution is 4.63. The van der Waals surface area contributed by atoms with Crippen LogP contribution in [0.15, 0.2) is 0 Å². The van der Waals surface area contributed by atoms with Crippen LogP contribution >= 0.6 is 0 Å². The Morgan fingerprint density at radius 1 is 0.857 bits per heavy atom. The topological polar surface area (TPSA) is 0 Å². The van der Waals surface area contributed by atoms with Gasteiger partial charge in [0.15, 0.2) is 0 Å². The molecule has 88 valence electrons. The minimum Gasteiger partial charge on any atom is -0.0656 e. The molecule has 0 rings (SSSR count). The normalized spacial score (nSPS) is 14.1. The zero-order valence-electron chi connectivity index (χ0n) is 11.4. The van der Waals surface area contributed by atoms with E-state index in [0.717, 1.165) is 11.8 Å². The lowest BCUT2D eigenvalue weighted by molar-refractivity contribution is 0.310. The van der Waals surface area contributed by atoms with E-state index in [1.54, 1.807) is 0 Å². The monoisotopic (exact) mass is 200 g/mol. The van der Waals surface area contributed by atoms with E-state index in [1.807, 2.05) is 0 Å². The predicted molar refractivity (Wildman–Crippen MR) is 68.7 cm³/mol. The standard InChI is InChI=1S/C11H24.C3H8/c1-5-8-9-11(7-3)10(4)6-2;1-3-2/h10-11H,5-9H2,1-4H3;3H2,1-2H3. The smallest absolute Gasteiger partial charge is 0.0391 e. The lowest BCUT2D eigenvalue weighted by Gasteiger charge is -2.20. The van der Waals surface area contributed by atoms with E-state index in [4.69, 9.17) is 0 Å². The molecule has 0 fully saturated rings. The van der Waals surface area contributed by atoms with E-state index in [1.165, 1.54) is 38.5 Å². The Kier molecular flexibility index (Phi) is 15.3. The fraction of sp³-hybridized carbons (Fsp3) is 1.00. The first-order chi connectivity index (χ1) is 6.67.